The quantitative estimate of drug-likeness (QED) is 0.242. The number of amides is 1. The number of halogens is 2. The van der Waals surface area contributed by atoms with Gasteiger partial charge in [0.1, 0.15) is 17.0 Å². The maximum atomic E-state index is 15.0. The third-order valence-corrected chi connectivity index (χ3v) is 6.93. The Labute approximate surface area is 230 Å². The zero-order chi connectivity index (χ0) is 27.1. The molecule has 0 atom stereocenters. The lowest BCUT2D eigenvalue weighted by molar-refractivity contribution is 0.102. The highest BCUT2D eigenvalue weighted by atomic mass is 79.9. The van der Waals surface area contributed by atoms with E-state index in [9.17, 15) is 9.59 Å². The van der Waals surface area contributed by atoms with E-state index in [0.29, 0.717) is 22.3 Å². The molecule has 0 spiro atoms. The fourth-order valence-electron chi connectivity index (χ4n) is 4.46. The van der Waals surface area contributed by atoms with Gasteiger partial charge in [-0.3, -0.25) is 9.59 Å². The number of hydrogen-bond acceptors (Lipinski definition) is 4. The highest BCUT2D eigenvalue weighted by molar-refractivity contribution is 9.10. The number of carbonyl (C=O) groups excluding carboxylic acids is 1. The van der Waals surface area contributed by atoms with Crippen molar-refractivity contribution in [1.82, 2.24) is 14.1 Å². The van der Waals surface area contributed by atoms with Crippen molar-refractivity contribution in [3.63, 3.8) is 0 Å². The molecule has 9 heteroatoms. The third-order valence-electron chi connectivity index (χ3n) is 6.40. The normalized spacial score (nSPS) is 11.2. The molecule has 0 aliphatic carbocycles. The molecule has 3 aromatic carbocycles. The molecule has 0 saturated carbocycles. The second kappa shape index (κ2) is 9.85. The molecule has 0 saturated heterocycles. The average molecular weight is 583 g/mol. The molecule has 3 aromatic heterocycles. The van der Waals surface area contributed by atoms with Crippen molar-refractivity contribution in [2.24, 2.45) is 7.05 Å². The van der Waals surface area contributed by atoms with Crippen LogP contribution < -0.4 is 15.5 Å². The van der Waals surface area contributed by atoms with Gasteiger partial charge in [-0.25, -0.2) is 9.37 Å². The Morgan fingerprint density at radius 1 is 0.974 bits per heavy atom. The predicted molar refractivity (Wildman–Crippen MR) is 152 cm³/mol. The number of aryl methyl sites for hydroxylation is 1. The second-order valence-corrected chi connectivity index (χ2v) is 9.83. The first kappa shape index (κ1) is 24.6. The van der Waals surface area contributed by atoms with Crippen molar-refractivity contribution in [3.05, 3.63) is 124 Å². The first-order chi connectivity index (χ1) is 18.9. The number of hydrogen-bond donors (Lipinski definition) is 1. The zero-order valence-corrected chi connectivity index (χ0v) is 22.1. The van der Waals surface area contributed by atoms with Crippen LogP contribution in [0, 0.1) is 5.82 Å². The zero-order valence-electron chi connectivity index (χ0n) is 20.6. The maximum Gasteiger partial charge on any atom is 0.261 e. The molecule has 0 fully saturated rings. The molecule has 1 amide bonds. The van der Waals surface area contributed by atoms with Crippen LogP contribution in [0.5, 0.6) is 11.5 Å². The van der Waals surface area contributed by atoms with Crippen molar-refractivity contribution in [3.8, 4) is 17.2 Å². The Balaban J connectivity index is 1.31. The smallest absolute Gasteiger partial charge is 0.261 e. The van der Waals surface area contributed by atoms with Crippen LogP contribution in [-0.4, -0.2) is 20.0 Å². The summed E-state index contributed by atoms with van der Waals surface area (Å²) in [6, 6.07) is 22.2. The first-order valence-electron chi connectivity index (χ1n) is 12.0. The third kappa shape index (κ3) is 4.57. The Bertz CT molecular complexity index is 1950. The van der Waals surface area contributed by atoms with E-state index < -0.39 is 17.2 Å². The maximum absolute atomic E-state index is 15.0. The minimum Gasteiger partial charge on any atom is -0.453 e. The molecule has 3 heterocycles. The fourth-order valence-corrected chi connectivity index (χ4v) is 4.73. The summed E-state index contributed by atoms with van der Waals surface area (Å²) < 4.78 is 25.4. The van der Waals surface area contributed by atoms with E-state index in [2.05, 4.69) is 26.2 Å². The molecule has 0 bridgehead atoms. The Morgan fingerprint density at radius 3 is 2.56 bits per heavy atom. The molecular formula is C30H20BrFN4O3. The number of anilines is 1. The lowest BCUT2D eigenvalue weighted by atomic mass is 10.1. The lowest BCUT2D eigenvalue weighted by Gasteiger charge is -2.14. The summed E-state index contributed by atoms with van der Waals surface area (Å²) >= 11 is 3.43. The predicted octanol–water partition coefficient (Wildman–Crippen LogP) is 6.82. The summed E-state index contributed by atoms with van der Waals surface area (Å²) in [4.78, 5) is 30.8. The van der Waals surface area contributed by atoms with E-state index in [1.54, 1.807) is 29.0 Å². The van der Waals surface area contributed by atoms with Crippen molar-refractivity contribution in [1.29, 1.82) is 0 Å². The van der Waals surface area contributed by atoms with Gasteiger partial charge >= 0.3 is 0 Å². The number of ether oxygens (including phenoxy) is 1. The van der Waals surface area contributed by atoms with Crippen LogP contribution in [0.4, 0.5) is 10.1 Å². The molecule has 39 heavy (non-hydrogen) atoms. The highest BCUT2D eigenvalue weighted by Crippen LogP contribution is 2.32. The van der Waals surface area contributed by atoms with Gasteiger partial charge in [0, 0.05) is 52.9 Å². The number of rotatable bonds is 5. The number of nitrogens with one attached hydrogen (secondary N) is 1. The van der Waals surface area contributed by atoms with Crippen LogP contribution in [0.25, 0.3) is 27.6 Å². The van der Waals surface area contributed by atoms with Crippen LogP contribution in [0.3, 0.4) is 0 Å². The Hall–Kier alpha value is -4.76. The molecule has 6 aromatic rings. The van der Waals surface area contributed by atoms with E-state index in [1.165, 1.54) is 18.3 Å². The van der Waals surface area contributed by atoms with E-state index >= 15 is 4.39 Å². The monoisotopic (exact) mass is 582 g/mol. The van der Waals surface area contributed by atoms with E-state index in [0.717, 1.165) is 21.6 Å². The number of carbonyl (C=O) groups is 1. The summed E-state index contributed by atoms with van der Waals surface area (Å²) in [7, 11) is 1.86. The van der Waals surface area contributed by atoms with Gasteiger partial charge in [0.05, 0.1) is 10.9 Å². The Kier molecular flexibility index (Phi) is 6.20. The van der Waals surface area contributed by atoms with Gasteiger partial charge in [0.25, 0.3) is 5.91 Å². The van der Waals surface area contributed by atoms with Gasteiger partial charge in [-0.2, -0.15) is 0 Å². The fraction of sp³-hybridized carbons (Fsp3) is 0.0333. The van der Waals surface area contributed by atoms with Crippen molar-refractivity contribution in [2.45, 2.75) is 0 Å². The second-order valence-electron chi connectivity index (χ2n) is 8.91. The summed E-state index contributed by atoms with van der Waals surface area (Å²) in [5.74, 6) is -0.863. The topological polar surface area (TPSA) is 78.1 Å². The number of fused-ring (bicyclic) bond motifs is 2. The number of pyridine rings is 2. The summed E-state index contributed by atoms with van der Waals surface area (Å²) in [5, 5.41) is 3.79. The minimum absolute atomic E-state index is 0.00680. The summed E-state index contributed by atoms with van der Waals surface area (Å²) in [5.41, 5.74) is 1.85. The van der Waals surface area contributed by atoms with Crippen molar-refractivity contribution < 1.29 is 13.9 Å². The van der Waals surface area contributed by atoms with Gasteiger partial charge in [0.2, 0.25) is 5.43 Å². The molecule has 6 rings (SSSR count). The molecule has 0 unspecified atom stereocenters. The number of nitrogens with zero attached hydrogens (tertiary/aromatic N) is 3. The van der Waals surface area contributed by atoms with Gasteiger partial charge < -0.3 is 19.2 Å². The minimum atomic E-state index is -0.667. The summed E-state index contributed by atoms with van der Waals surface area (Å²) in [6.45, 7) is 0. The lowest BCUT2D eigenvalue weighted by Crippen LogP contribution is -2.23. The van der Waals surface area contributed by atoms with Gasteiger partial charge in [-0.1, -0.05) is 28.1 Å². The number of para-hydroxylation sites is 1. The number of aromatic nitrogens is 3. The molecule has 7 nitrogen and oxygen atoms in total. The van der Waals surface area contributed by atoms with Crippen LogP contribution in [0.1, 0.15) is 10.4 Å². The van der Waals surface area contributed by atoms with Crippen LogP contribution >= 0.6 is 15.9 Å². The van der Waals surface area contributed by atoms with Crippen LogP contribution in [-0.2, 0) is 7.05 Å². The summed E-state index contributed by atoms with van der Waals surface area (Å²) in [6.07, 6.45) is 4.94. The molecule has 0 aliphatic heterocycles. The molecule has 0 aliphatic rings. The molecule has 192 valence electrons. The SMILES string of the molecule is Cn1ccc2c(Oc3ccc(NC(=O)c4cn(-c5ccc(Br)cc5)c5ccccc5c4=O)cc3F)ccnc21. The molecular weight excluding hydrogens is 563 g/mol. The van der Waals surface area contributed by atoms with Crippen molar-refractivity contribution in [2.75, 3.05) is 5.32 Å². The van der Waals surface area contributed by atoms with E-state index in [1.807, 2.05) is 60.3 Å². The van der Waals surface area contributed by atoms with E-state index in [4.69, 9.17) is 4.74 Å². The first-order valence-corrected chi connectivity index (χ1v) is 12.8. The highest BCUT2D eigenvalue weighted by Gasteiger charge is 2.18. The number of benzene rings is 3. The molecule has 0 radical (unpaired) electrons. The van der Waals surface area contributed by atoms with Gasteiger partial charge in [0.15, 0.2) is 11.6 Å². The van der Waals surface area contributed by atoms with Gasteiger partial charge in [-0.15, -0.1) is 0 Å². The Morgan fingerprint density at radius 2 is 1.77 bits per heavy atom. The van der Waals surface area contributed by atoms with Crippen LogP contribution in [0.15, 0.2) is 107 Å². The van der Waals surface area contributed by atoms with Gasteiger partial charge in [-0.05, 0) is 60.7 Å². The van der Waals surface area contributed by atoms with Crippen LogP contribution in [0.2, 0.25) is 0 Å². The molecule has 1 N–H and O–H groups in total. The largest absolute Gasteiger partial charge is 0.453 e. The average Bonchev–Trinajstić information content (AvgIpc) is 3.32. The van der Waals surface area contributed by atoms with E-state index in [-0.39, 0.29) is 17.0 Å². The van der Waals surface area contributed by atoms with Crippen molar-refractivity contribution >= 4 is 49.5 Å². The standard InChI is InChI=1S/C30H20BrFN4O3/c1-35-15-13-22-26(12-14-33-29(22)35)39-27-11-8-19(16-24(27)32)34-30(38)23-17-36(20-9-6-18(31)7-10-20)25-5-3-2-4-21(25)28(23)37/h2-17H,1H3,(H,34,38).